The lowest BCUT2D eigenvalue weighted by Crippen LogP contribution is -1.79. The topological polar surface area (TPSA) is 74.4 Å². The first-order chi connectivity index (χ1) is 10.7. The van der Waals surface area contributed by atoms with Gasteiger partial charge in [0.05, 0.1) is 23.9 Å². The number of methoxy groups -OCH3 is 1. The third-order valence-electron chi connectivity index (χ3n) is 3.32. The molecular formula is C17H14N2O3. The van der Waals surface area contributed by atoms with Gasteiger partial charge in [-0.25, -0.2) is 0 Å². The molecule has 2 N–H and O–H groups in total. The number of azo groups is 1. The van der Waals surface area contributed by atoms with Crippen molar-refractivity contribution in [3.05, 3.63) is 54.6 Å². The zero-order valence-corrected chi connectivity index (χ0v) is 11.9. The molecule has 0 unspecified atom stereocenters. The largest absolute Gasteiger partial charge is 0.507 e. The van der Waals surface area contributed by atoms with Gasteiger partial charge in [-0.3, -0.25) is 0 Å². The Kier molecular flexibility index (Phi) is 3.62. The molecule has 5 nitrogen and oxygen atoms in total. The van der Waals surface area contributed by atoms with Gasteiger partial charge in [-0.1, -0.05) is 12.1 Å². The summed E-state index contributed by atoms with van der Waals surface area (Å²) in [6.45, 7) is 0. The van der Waals surface area contributed by atoms with Gasteiger partial charge in [-0.2, -0.15) is 5.11 Å². The van der Waals surface area contributed by atoms with E-state index in [9.17, 15) is 10.2 Å². The lowest BCUT2D eigenvalue weighted by molar-refractivity contribution is 0.415. The molecule has 0 aromatic heterocycles. The first kappa shape index (κ1) is 13.9. The Balaban J connectivity index is 2.03. The second-order valence-corrected chi connectivity index (χ2v) is 4.70. The van der Waals surface area contributed by atoms with Crippen molar-refractivity contribution in [1.29, 1.82) is 0 Å². The maximum absolute atomic E-state index is 10.0. The number of rotatable bonds is 3. The number of hydrogen-bond acceptors (Lipinski definition) is 5. The van der Waals surface area contributed by atoms with Crippen LogP contribution in [0.2, 0.25) is 0 Å². The van der Waals surface area contributed by atoms with E-state index >= 15 is 0 Å². The van der Waals surface area contributed by atoms with Crippen LogP contribution in [0.5, 0.6) is 17.2 Å². The van der Waals surface area contributed by atoms with Crippen molar-refractivity contribution in [2.24, 2.45) is 10.2 Å². The highest BCUT2D eigenvalue weighted by molar-refractivity contribution is 6.00. The van der Waals surface area contributed by atoms with Gasteiger partial charge in [0.25, 0.3) is 0 Å². The lowest BCUT2D eigenvalue weighted by atomic mass is 10.1. The van der Waals surface area contributed by atoms with E-state index < -0.39 is 0 Å². The van der Waals surface area contributed by atoms with Crippen LogP contribution in [0.1, 0.15) is 0 Å². The molecule has 3 aromatic carbocycles. The molecule has 0 atom stereocenters. The first-order valence-corrected chi connectivity index (χ1v) is 6.68. The number of nitrogens with zero attached hydrogens (tertiary/aromatic N) is 2. The van der Waals surface area contributed by atoms with Crippen LogP contribution in [0.4, 0.5) is 11.4 Å². The van der Waals surface area contributed by atoms with E-state index in [0.29, 0.717) is 22.1 Å². The molecule has 0 radical (unpaired) electrons. The molecule has 0 saturated carbocycles. The number of aromatic hydroxyl groups is 2. The molecule has 0 amide bonds. The third-order valence-corrected chi connectivity index (χ3v) is 3.32. The van der Waals surface area contributed by atoms with E-state index in [1.54, 1.807) is 55.6 Å². The number of benzene rings is 3. The summed E-state index contributed by atoms with van der Waals surface area (Å²) in [5, 5.41) is 29.2. The van der Waals surface area contributed by atoms with Gasteiger partial charge in [0.2, 0.25) is 0 Å². The van der Waals surface area contributed by atoms with Gasteiger partial charge in [0.15, 0.2) is 0 Å². The molecule has 0 fully saturated rings. The summed E-state index contributed by atoms with van der Waals surface area (Å²) in [4.78, 5) is 0. The molecule has 110 valence electrons. The monoisotopic (exact) mass is 294 g/mol. The molecule has 0 aliphatic heterocycles. The highest BCUT2D eigenvalue weighted by Crippen LogP contribution is 2.38. The number of hydrogen-bond donors (Lipinski definition) is 2. The van der Waals surface area contributed by atoms with Crippen LogP contribution in [-0.2, 0) is 0 Å². The van der Waals surface area contributed by atoms with E-state index in [4.69, 9.17) is 4.74 Å². The van der Waals surface area contributed by atoms with Gasteiger partial charge in [0, 0.05) is 5.39 Å². The molecule has 0 aliphatic rings. The minimum Gasteiger partial charge on any atom is -0.507 e. The zero-order valence-electron chi connectivity index (χ0n) is 11.9. The van der Waals surface area contributed by atoms with E-state index in [1.807, 2.05) is 0 Å². The number of phenols is 2. The van der Waals surface area contributed by atoms with Crippen LogP contribution in [0.3, 0.4) is 0 Å². The van der Waals surface area contributed by atoms with Crippen LogP contribution in [0.15, 0.2) is 64.8 Å². The molecule has 3 aromatic rings. The molecule has 3 rings (SSSR count). The summed E-state index contributed by atoms with van der Waals surface area (Å²) in [7, 11) is 1.60. The van der Waals surface area contributed by atoms with Crippen molar-refractivity contribution in [2.75, 3.05) is 7.11 Å². The van der Waals surface area contributed by atoms with E-state index in [2.05, 4.69) is 10.2 Å². The summed E-state index contributed by atoms with van der Waals surface area (Å²) in [6, 6.07) is 15.2. The Morgan fingerprint density at radius 2 is 1.59 bits per heavy atom. The Morgan fingerprint density at radius 3 is 2.32 bits per heavy atom. The fraction of sp³-hybridized carbons (Fsp3) is 0.0588. The van der Waals surface area contributed by atoms with E-state index in [1.165, 1.54) is 6.07 Å². The van der Waals surface area contributed by atoms with Gasteiger partial charge in [0.1, 0.15) is 17.2 Å². The van der Waals surface area contributed by atoms with Gasteiger partial charge in [-0.05, 0) is 42.5 Å². The second-order valence-electron chi connectivity index (χ2n) is 4.70. The predicted octanol–water partition coefficient (Wildman–Crippen LogP) is 4.68. The smallest absolute Gasteiger partial charge is 0.125 e. The standard InChI is InChI=1S/C17H14N2O3/c1-22-12-7-5-11(6-8-12)18-19-14-9-10-15(20)13-3-2-4-16(21)17(13)14/h2-10,20-21H,1H3. The average Bonchev–Trinajstić information content (AvgIpc) is 2.55. The van der Waals surface area contributed by atoms with Crippen LogP contribution >= 0.6 is 0 Å². The maximum Gasteiger partial charge on any atom is 0.125 e. The third kappa shape index (κ3) is 2.56. The Labute approximate surface area is 127 Å². The normalized spacial score (nSPS) is 11.1. The maximum atomic E-state index is 10.0. The molecule has 0 spiro atoms. The van der Waals surface area contributed by atoms with Crippen molar-refractivity contribution in [2.45, 2.75) is 0 Å². The first-order valence-electron chi connectivity index (χ1n) is 6.68. The van der Waals surface area contributed by atoms with Gasteiger partial charge < -0.3 is 14.9 Å². The quantitative estimate of drug-likeness (QED) is 0.689. The SMILES string of the molecule is COc1ccc(N=Nc2ccc(O)c3cccc(O)c23)cc1. The number of phenolic OH excluding ortho intramolecular Hbond substituents is 2. The summed E-state index contributed by atoms with van der Waals surface area (Å²) in [5.74, 6) is 0.887. The van der Waals surface area contributed by atoms with E-state index in [-0.39, 0.29) is 11.5 Å². The Morgan fingerprint density at radius 1 is 0.818 bits per heavy atom. The van der Waals surface area contributed by atoms with Crippen molar-refractivity contribution in [3.63, 3.8) is 0 Å². The lowest BCUT2D eigenvalue weighted by Gasteiger charge is -2.05. The van der Waals surface area contributed by atoms with Crippen molar-refractivity contribution >= 4 is 22.1 Å². The minimum absolute atomic E-state index is 0.0529. The summed E-state index contributed by atoms with van der Waals surface area (Å²) >= 11 is 0. The van der Waals surface area contributed by atoms with Crippen LogP contribution in [0.25, 0.3) is 10.8 Å². The number of fused-ring (bicyclic) bond motifs is 1. The summed E-state index contributed by atoms with van der Waals surface area (Å²) < 4.78 is 5.09. The molecule has 22 heavy (non-hydrogen) atoms. The van der Waals surface area contributed by atoms with Crippen molar-refractivity contribution in [3.8, 4) is 17.2 Å². The molecule has 0 saturated heterocycles. The van der Waals surface area contributed by atoms with Crippen LogP contribution in [-0.4, -0.2) is 17.3 Å². The molecular weight excluding hydrogens is 280 g/mol. The van der Waals surface area contributed by atoms with Crippen molar-refractivity contribution in [1.82, 2.24) is 0 Å². The minimum atomic E-state index is 0.0529. The zero-order chi connectivity index (χ0) is 15.5. The van der Waals surface area contributed by atoms with Crippen molar-refractivity contribution < 1.29 is 14.9 Å². The summed E-state index contributed by atoms with van der Waals surface area (Å²) in [5.41, 5.74) is 1.15. The van der Waals surface area contributed by atoms with Gasteiger partial charge in [-0.15, -0.1) is 5.11 Å². The highest BCUT2D eigenvalue weighted by atomic mass is 16.5. The van der Waals surface area contributed by atoms with E-state index in [0.717, 1.165) is 5.75 Å². The average molecular weight is 294 g/mol. The van der Waals surface area contributed by atoms with Crippen LogP contribution < -0.4 is 4.74 Å². The molecule has 0 bridgehead atoms. The highest BCUT2D eigenvalue weighted by Gasteiger charge is 2.08. The predicted molar refractivity (Wildman–Crippen MR) is 84.4 cm³/mol. The van der Waals surface area contributed by atoms with Crippen LogP contribution in [0, 0.1) is 0 Å². The Bertz CT molecular complexity index is 842. The molecule has 0 heterocycles. The second kappa shape index (κ2) is 5.73. The molecule has 0 aliphatic carbocycles. The molecule has 5 heteroatoms. The van der Waals surface area contributed by atoms with Gasteiger partial charge >= 0.3 is 0 Å². The number of ether oxygens (including phenoxy) is 1. The fourth-order valence-corrected chi connectivity index (χ4v) is 2.20. The Hall–Kier alpha value is -3.08. The fourth-order valence-electron chi connectivity index (χ4n) is 2.20. The summed E-state index contributed by atoms with van der Waals surface area (Å²) in [6.07, 6.45) is 0.